The zero-order valence-corrected chi connectivity index (χ0v) is 35.0. The zero-order chi connectivity index (χ0) is 44.2. The second kappa shape index (κ2) is 17.8. The van der Waals surface area contributed by atoms with Gasteiger partial charge in [-0.1, -0.05) is 34.9 Å². The second-order valence-corrected chi connectivity index (χ2v) is 15.2. The van der Waals surface area contributed by atoms with Gasteiger partial charge in [-0.3, -0.25) is 19.6 Å². The van der Waals surface area contributed by atoms with Crippen LogP contribution in [0.5, 0.6) is 11.5 Å². The van der Waals surface area contributed by atoms with Crippen LogP contribution in [-0.2, 0) is 22.5 Å². The third kappa shape index (κ3) is 9.66. The third-order valence-electron chi connectivity index (χ3n) is 9.59. The molecule has 2 aromatic carbocycles. The number of primary amides is 2. The molecule has 3 aromatic heterocycles. The molecule has 0 saturated heterocycles. The van der Waals surface area contributed by atoms with Crippen LogP contribution in [0.2, 0.25) is 0 Å². The average molecular weight is 895 g/mol. The van der Waals surface area contributed by atoms with Crippen LogP contribution in [0.4, 0.5) is 8.78 Å². The Morgan fingerprint density at radius 3 is 2.20 bits per heavy atom. The van der Waals surface area contributed by atoms with E-state index < -0.39 is 40.7 Å². The van der Waals surface area contributed by atoms with E-state index >= 15 is 0 Å². The number of hydrogen-bond donors (Lipinski definition) is 4. The Hall–Kier alpha value is -6.79. The van der Waals surface area contributed by atoms with Crippen molar-refractivity contribution < 1.29 is 42.6 Å². The largest absolute Gasteiger partial charge is 0.491 e. The minimum atomic E-state index is -1.57. The van der Waals surface area contributed by atoms with Gasteiger partial charge in [0.2, 0.25) is 0 Å². The molecule has 3 atom stereocenters. The Balaban J connectivity index is 0.000000171. The summed E-state index contributed by atoms with van der Waals surface area (Å²) in [5.41, 5.74) is 11.8. The van der Waals surface area contributed by atoms with Gasteiger partial charge in [0.05, 0.1) is 33.5 Å². The number of rotatable bonds is 4. The molecule has 0 radical (unpaired) electrons. The molecule has 14 nitrogen and oxygen atoms in total. The number of aryl methyl sites for hydroxylation is 2. The Bertz CT molecular complexity index is 2730. The maximum Gasteiger partial charge on any atom is 0.329 e. The van der Waals surface area contributed by atoms with Crippen LogP contribution >= 0.6 is 15.9 Å². The van der Waals surface area contributed by atoms with Gasteiger partial charge in [0.25, 0.3) is 17.9 Å². The summed E-state index contributed by atoms with van der Waals surface area (Å²) in [6.07, 6.45) is 11.6. The molecular weight excluding hydrogens is 854 g/mol. The van der Waals surface area contributed by atoms with Crippen molar-refractivity contribution in [3.8, 4) is 47.1 Å². The van der Waals surface area contributed by atoms with Crippen LogP contribution in [0.15, 0.2) is 76.6 Å². The fourth-order valence-corrected chi connectivity index (χ4v) is 6.87. The van der Waals surface area contributed by atoms with E-state index in [1.54, 1.807) is 53.0 Å². The van der Waals surface area contributed by atoms with Crippen LogP contribution < -0.4 is 20.9 Å². The van der Waals surface area contributed by atoms with Crippen molar-refractivity contribution in [2.24, 2.45) is 16.5 Å². The highest BCUT2D eigenvalue weighted by Gasteiger charge is 2.37. The summed E-state index contributed by atoms with van der Waals surface area (Å²) >= 11 is 3.13. The molecule has 0 aliphatic carbocycles. The first kappa shape index (κ1) is 43.8. The summed E-state index contributed by atoms with van der Waals surface area (Å²) < 4.78 is 43.2. The highest BCUT2D eigenvalue weighted by Crippen LogP contribution is 2.36. The number of fused-ring (bicyclic) bond motifs is 6. The molecule has 0 bridgehead atoms. The van der Waals surface area contributed by atoms with Crippen molar-refractivity contribution in [3.63, 3.8) is 0 Å². The number of amidine groups is 1. The minimum absolute atomic E-state index is 0.0679. The molecule has 3 aliphatic rings. The van der Waals surface area contributed by atoms with Crippen LogP contribution in [0, 0.1) is 49.7 Å². The van der Waals surface area contributed by atoms with E-state index in [1.807, 2.05) is 32.0 Å². The number of ether oxygens (including phenoxy) is 2. The zero-order valence-electron chi connectivity index (χ0n) is 33.4. The van der Waals surface area contributed by atoms with Crippen molar-refractivity contribution in [1.29, 1.82) is 0 Å². The van der Waals surface area contributed by atoms with Crippen LogP contribution in [0.1, 0.15) is 58.0 Å². The second-order valence-electron chi connectivity index (χ2n) is 14.3. The lowest BCUT2D eigenvalue weighted by atomic mass is 9.97. The number of terminal acetylenes is 1. The Labute approximate surface area is 358 Å². The van der Waals surface area contributed by atoms with E-state index in [4.69, 9.17) is 27.4 Å². The molecule has 6 N–H and O–H groups in total. The Morgan fingerprint density at radius 1 is 0.951 bits per heavy atom. The quantitative estimate of drug-likeness (QED) is 0.152. The summed E-state index contributed by atoms with van der Waals surface area (Å²) in [5, 5.41) is 20.5. The van der Waals surface area contributed by atoms with Gasteiger partial charge in [0.1, 0.15) is 66.2 Å². The van der Waals surface area contributed by atoms with Gasteiger partial charge >= 0.3 is 5.84 Å². The number of aliphatic hydroxyl groups is 2. The number of nitrogens with two attached hydrogens (primary N) is 2. The number of benzene rings is 2. The number of aromatic nitrogens is 4. The van der Waals surface area contributed by atoms with Crippen molar-refractivity contribution in [2.75, 3.05) is 19.8 Å². The predicted octanol–water partition coefficient (Wildman–Crippen LogP) is 4.05. The summed E-state index contributed by atoms with van der Waals surface area (Å²) in [7, 11) is 0. The summed E-state index contributed by atoms with van der Waals surface area (Å²) in [6.45, 7) is 8.39. The maximum absolute atomic E-state index is 14.7. The lowest BCUT2D eigenvalue weighted by Crippen LogP contribution is -2.28. The Morgan fingerprint density at radius 2 is 1.57 bits per heavy atom. The SMILES string of the molecule is C#CC(C)(O)c1ncccc1C.Cc1cccnc1C(C)(O)C#Cc1cc2c(cc1F)OCC[N+]1=CC(C(N)=O)N=C21.NC(=O)c1cn2c(n1)-c1cc(Br)c(F)cc1OCC2. The van der Waals surface area contributed by atoms with Gasteiger partial charge in [-0.2, -0.15) is 0 Å². The van der Waals surface area contributed by atoms with Crippen LogP contribution in [0.3, 0.4) is 0 Å². The number of halogens is 3. The molecule has 3 unspecified atom stereocenters. The standard InChI is InChI=1S/C22H19FN4O3.C12H9BrFN3O2.C10H11NO/c1-13-4-3-7-25-19(13)22(2,29)6-5-14-10-15-18(11-16(14)23)30-9-8-27-12-17(20(24)28)26-21(15)27;13-7-3-6-10(4-8(7)14)19-2-1-17-5-9(11(15)18)16-12(6)17;1-4-10(3,12)9-8(2)6-5-7-11-9/h3-4,7,10-12,17,29H,8-9H2,1-2H3,(H-,24,28);3-5H,1-2H2,(H2,15,18);1,5-7,12H,2-3H3/p+1. The summed E-state index contributed by atoms with van der Waals surface area (Å²) in [6, 6.07) is 12.1. The van der Waals surface area contributed by atoms with E-state index in [1.165, 1.54) is 25.1 Å². The first-order valence-electron chi connectivity index (χ1n) is 18.6. The first-order valence-corrected chi connectivity index (χ1v) is 19.4. The van der Waals surface area contributed by atoms with E-state index in [-0.39, 0.29) is 11.3 Å². The van der Waals surface area contributed by atoms with Crippen molar-refractivity contribution >= 4 is 39.8 Å². The van der Waals surface area contributed by atoms with Gasteiger partial charge in [-0.25, -0.2) is 18.3 Å². The molecule has 3 aliphatic heterocycles. The fraction of sp³-hybridized carbons (Fsp3) is 0.250. The monoisotopic (exact) mass is 893 g/mol. The normalized spacial score (nSPS) is 16.4. The summed E-state index contributed by atoms with van der Waals surface area (Å²) in [4.78, 5) is 39.5. The highest BCUT2D eigenvalue weighted by atomic mass is 79.9. The Kier molecular flexibility index (Phi) is 12.8. The molecule has 61 heavy (non-hydrogen) atoms. The molecule has 0 saturated carbocycles. The molecule has 8 rings (SSSR count). The molecule has 0 spiro atoms. The van der Waals surface area contributed by atoms with E-state index in [9.17, 15) is 28.6 Å². The average Bonchev–Trinajstić information content (AvgIpc) is 3.76. The van der Waals surface area contributed by atoms with Crippen LogP contribution in [0.25, 0.3) is 11.4 Å². The molecular formula is C44H40BrF2N8O6+. The molecule has 312 valence electrons. The number of carbonyl (C=O) groups is 2. The predicted molar refractivity (Wildman–Crippen MR) is 225 cm³/mol. The van der Waals surface area contributed by atoms with E-state index in [0.29, 0.717) is 76.4 Å². The molecule has 2 amide bonds. The van der Waals surface area contributed by atoms with Gasteiger partial charge in [0, 0.05) is 30.7 Å². The number of amides is 2. The van der Waals surface area contributed by atoms with Crippen molar-refractivity contribution in [3.05, 3.63) is 123 Å². The topological polar surface area (TPSA) is 204 Å². The number of carbonyl (C=O) groups excluding carboxylic acids is 2. The van der Waals surface area contributed by atoms with Crippen molar-refractivity contribution in [1.82, 2.24) is 19.5 Å². The summed E-state index contributed by atoms with van der Waals surface area (Å²) in [5.74, 6) is 7.29. The third-order valence-corrected chi connectivity index (χ3v) is 10.2. The molecule has 0 fully saturated rings. The number of aliphatic imine (C=N–C) groups is 1. The lowest BCUT2D eigenvalue weighted by molar-refractivity contribution is -0.399. The number of pyridine rings is 2. The minimum Gasteiger partial charge on any atom is -0.491 e. The molecule has 5 aromatic rings. The van der Waals surface area contributed by atoms with Gasteiger partial charge in [-0.15, -0.1) is 6.42 Å². The van der Waals surface area contributed by atoms with Gasteiger partial charge in [-0.05, 0) is 79.0 Å². The van der Waals surface area contributed by atoms with E-state index in [2.05, 4.69) is 53.6 Å². The highest BCUT2D eigenvalue weighted by molar-refractivity contribution is 9.10. The molecule has 17 heteroatoms. The number of hydrogen-bond acceptors (Lipinski definition) is 10. The first-order chi connectivity index (χ1) is 28.9. The molecule has 6 heterocycles. The lowest BCUT2D eigenvalue weighted by Gasteiger charge is -2.17. The number of imidazole rings is 1. The maximum atomic E-state index is 14.7. The van der Waals surface area contributed by atoms with Crippen molar-refractivity contribution in [2.45, 2.75) is 51.5 Å². The smallest absolute Gasteiger partial charge is 0.329 e. The van der Waals surface area contributed by atoms with E-state index in [0.717, 1.165) is 11.1 Å². The number of nitrogens with zero attached hydrogens (tertiary/aromatic N) is 6. The van der Waals surface area contributed by atoms with Gasteiger partial charge in [0.15, 0.2) is 11.2 Å². The fourth-order valence-electron chi connectivity index (χ4n) is 6.52. The van der Waals surface area contributed by atoms with Gasteiger partial charge < -0.3 is 35.7 Å². The van der Waals surface area contributed by atoms with Crippen LogP contribution in [-0.4, -0.2) is 84.0 Å².